The number of piperazine rings is 1. The summed E-state index contributed by atoms with van der Waals surface area (Å²) in [5.74, 6) is 2.60. The standard InChI is InChI=1S/C20H24N6OS/c1-15-6-13-28-17(15)4-5-20(27)25-11-9-24(10-12-25)18-14-19(23-16(2)22-18)26-8-3-7-21-26/h3,6-8,13-14H,4-5,9-12H2,1-2H3. The van der Waals surface area contributed by atoms with Gasteiger partial charge in [0.05, 0.1) is 0 Å². The number of hydrogen-bond donors (Lipinski definition) is 0. The third kappa shape index (κ3) is 4.06. The molecule has 0 spiro atoms. The van der Waals surface area contributed by atoms with Crippen molar-refractivity contribution < 1.29 is 4.79 Å². The Morgan fingerprint density at radius 2 is 1.93 bits per heavy atom. The van der Waals surface area contributed by atoms with E-state index in [1.807, 2.05) is 30.2 Å². The molecule has 1 amide bonds. The van der Waals surface area contributed by atoms with Crippen LogP contribution in [0, 0.1) is 13.8 Å². The van der Waals surface area contributed by atoms with E-state index in [-0.39, 0.29) is 5.91 Å². The Morgan fingerprint density at radius 1 is 1.14 bits per heavy atom. The SMILES string of the molecule is Cc1nc(N2CCN(C(=O)CCc3sccc3C)CC2)cc(-n2cccn2)n1. The number of rotatable bonds is 5. The molecule has 1 saturated heterocycles. The van der Waals surface area contributed by atoms with Gasteiger partial charge >= 0.3 is 0 Å². The van der Waals surface area contributed by atoms with E-state index in [0.717, 1.165) is 44.2 Å². The van der Waals surface area contributed by atoms with Gasteiger partial charge in [-0.15, -0.1) is 11.3 Å². The van der Waals surface area contributed by atoms with E-state index >= 15 is 0 Å². The molecule has 4 rings (SSSR count). The molecule has 1 aliphatic rings. The van der Waals surface area contributed by atoms with E-state index in [1.54, 1.807) is 22.2 Å². The number of anilines is 1. The molecule has 1 fully saturated rings. The second-order valence-corrected chi connectivity index (χ2v) is 7.98. The van der Waals surface area contributed by atoms with E-state index in [0.29, 0.717) is 12.2 Å². The van der Waals surface area contributed by atoms with Crippen LogP contribution in [-0.2, 0) is 11.2 Å². The van der Waals surface area contributed by atoms with Crippen LogP contribution in [0.3, 0.4) is 0 Å². The van der Waals surface area contributed by atoms with Gasteiger partial charge in [0.25, 0.3) is 0 Å². The monoisotopic (exact) mass is 396 g/mol. The van der Waals surface area contributed by atoms with Crippen LogP contribution in [0.1, 0.15) is 22.7 Å². The second kappa shape index (κ2) is 8.10. The Balaban J connectivity index is 1.36. The van der Waals surface area contributed by atoms with Gasteiger partial charge in [0, 0.05) is 55.9 Å². The van der Waals surface area contributed by atoms with E-state index in [1.165, 1.54) is 10.4 Å². The molecule has 4 heterocycles. The van der Waals surface area contributed by atoms with Gasteiger partial charge in [-0.25, -0.2) is 14.6 Å². The number of aryl methyl sites for hydroxylation is 3. The van der Waals surface area contributed by atoms with Gasteiger partial charge in [0.15, 0.2) is 5.82 Å². The Morgan fingerprint density at radius 3 is 2.61 bits per heavy atom. The fraction of sp³-hybridized carbons (Fsp3) is 0.400. The number of carbonyl (C=O) groups excluding carboxylic acids is 1. The van der Waals surface area contributed by atoms with Gasteiger partial charge in [-0.2, -0.15) is 5.10 Å². The summed E-state index contributed by atoms with van der Waals surface area (Å²) in [4.78, 5) is 27.1. The lowest BCUT2D eigenvalue weighted by Gasteiger charge is -2.35. The van der Waals surface area contributed by atoms with Gasteiger partial charge in [-0.05, 0) is 43.3 Å². The molecule has 8 heteroatoms. The van der Waals surface area contributed by atoms with Crippen molar-refractivity contribution in [3.8, 4) is 5.82 Å². The number of carbonyl (C=O) groups is 1. The molecule has 0 unspecified atom stereocenters. The molecular weight excluding hydrogens is 372 g/mol. The fourth-order valence-corrected chi connectivity index (χ4v) is 4.35. The maximum absolute atomic E-state index is 12.6. The minimum atomic E-state index is 0.239. The highest BCUT2D eigenvalue weighted by atomic mass is 32.1. The summed E-state index contributed by atoms with van der Waals surface area (Å²) in [6, 6.07) is 5.95. The van der Waals surface area contributed by atoms with Crippen LogP contribution in [0.5, 0.6) is 0 Å². The largest absolute Gasteiger partial charge is 0.353 e. The molecule has 0 radical (unpaired) electrons. The van der Waals surface area contributed by atoms with Crippen molar-refractivity contribution in [2.75, 3.05) is 31.1 Å². The third-order valence-electron chi connectivity index (χ3n) is 5.04. The molecular formula is C20H24N6OS. The van der Waals surface area contributed by atoms with Crippen molar-refractivity contribution in [3.05, 3.63) is 52.2 Å². The molecule has 3 aromatic rings. The highest BCUT2D eigenvalue weighted by molar-refractivity contribution is 7.10. The summed E-state index contributed by atoms with van der Waals surface area (Å²) in [5, 5.41) is 6.34. The van der Waals surface area contributed by atoms with Gasteiger partial charge < -0.3 is 9.80 Å². The van der Waals surface area contributed by atoms with E-state index in [2.05, 4.69) is 38.3 Å². The Kier molecular flexibility index (Phi) is 5.38. The van der Waals surface area contributed by atoms with Crippen molar-refractivity contribution in [2.24, 2.45) is 0 Å². The zero-order valence-corrected chi connectivity index (χ0v) is 17.0. The summed E-state index contributed by atoms with van der Waals surface area (Å²) in [6.07, 6.45) is 5.02. The topological polar surface area (TPSA) is 67.2 Å². The van der Waals surface area contributed by atoms with Crippen molar-refractivity contribution in [1.29, 1.82) is 0 Å². The average molecular weight is 397 g/mol. The average Bonchev–Trinajstić information content (AvgIpc) is 3.38. The minimum absolute atomic E-state index is 0.239. The van der Waals surface area contributed by atoms with Crippen molar-refractivity contribution >= 4 is 23.1 Å². The van der Waals surface area contributed by atoms with Gasteiger partial charge in [-0.1, -0.05) is 0 Å². The van der Waals surface area contributed by atoms with Crippen molar-refractivity contribution in [3.63, 3.8) is 0 Å². The highest BCUT2D eigenvalue weighted by Crippen LogP contribution is 2.20. The summed E-state index contributed by atoms with van der Waals surface area (Å²) < 4.78 is 1.74. The minimum Gasteiger partial charge on any atom is -0.353 e. The Bertz CT molecular complexity index is 944. The number of thiophene rings is 1. The predicted molar refractivity (Wildman–Crippen MR) is 110 cm³/mol. The maximum atomic E-state index is 12.6. The molecule has 0 saturated carbocycles. The van der Waals surface area contributed by atoms with Crippen LogP contribution in [0.4, 0.5) is 5.82 Å². The van der Waals surface area contributed by atoms with E-state index in [9.17, 15) is 4.79 Å². The van der Waals surface area contributed by atoms with Crippen LogP contribution < -0.4 is 4.90 Å². The molecule has 28 heavy (non-hydrogen) atoms. The van der Waals surface area contributed by atoms with Gasteiger partial charge in [-0.3, -0.25) is 4.79 Å². The maximum Gasteiger partial charge on any atom is 0.223 e. The first-order valence-electron chi connectivity index (χ1n) is 9.51. The first-order valence-corrected chi connectivity index (χ1v) is 10.4. The Hall–Kier alpha value is -2.74. The molecule has 0 bridgehead atoms. The quantitative estimate of drug-likeness (QED) is 0.663. The van der Waals surface area contributed by atoms with Crippen molar-refractivity contribution in [1.82, 2.24) is 24.6 Å². The molecule has 0 atom stereocenters. The molecule has 0 N–H and O–H groups in total. The fourth-order valence-electron chi connectivity index (χ4n) is 3.44. The molecule has 146 valence electrons. The van der Waals surface area contributed by atoms with Gasteiger partial charge in [0.2, 0.25) is 5.91 Å². The van der Waals surface area contributed by atoms with Crippen LogP contribution >= 0.6 is 11.3 Å². The normalized spacial score (nSPS) is 14.5. The van der Waals surface area contributed by atoms with E-state index < -0.39 is 0 Å². The molecule has 0 aromatic carbocycles. The number of amides is 1. The predicted octanol–water partition coefficient (Wildman–Crippen LogP) is 2.62. The summed E-state index contributed by atoms with van der Waals surface area (Å²) in [7, 11) is 0. The van der Waals surface area contributed by atoms with Crippen molar-refractivity contribution in [2.45, 2.75) is 26.7 Å². The highest BCUT2D eigenvalue weighted by Gasteiger charge is 2.22. The first-order chi connectivity index (χ1) is 13.6. The molecule has 1 aliphatic heterocycles. The lowest BCUT2D eigenvalue weighted by atomic mass is 10.2. The second-order valence-electron chi connectivity index (χ2n) is 6.98. The van der Waals surface area contributed by atoms with Crippen LogP contribution in [-0.4, -0.2) is 56.7 Å². The summed E-state index contributed by atoms with van der Waals surface area (Å²) in [6.45, 7) is 7.00. The Labute approximate surface area is 168 Å². The lowest BCUT2D eigenvalue weighted by Crippen LogP contribution is -2.49. The van der Waals surface area contributed by atoms with Crippen LogP contribution in [0.2, 0.25) is 0 Å². The van der Waals surface area contributed by atoms with Crippen LogP contribution in [0.15, 0.2) is 36.0 Å². The third-order valence-corrected chi connectivity index (χ3v) is 6.12. The summed E-state index contributed by atoms with van der Waals surface area (Å²) >= 11 is 1.74. The number of aromatic nitrogens is 4. The zero-order valence-electron chi connectivity index (χ0n) is 16.2. The smallest absolute Gasteiger partial charge is 0.223 e. The number of hydrogen-bond acceptors (Lipinski definition) is 6. The van der Waals surface area contributed by atoms with Crippen LogP contribution in [0.25, 0.3) is 5.82 Å². The van der Waals surface area contributed by atoms with Gasteiger partial charge in [0.1, 0.15) is 11.6 Å². The number of nitrogens with zero attached hydrogens (tertiary/aromatic N) is 6. The lowest BCUT2D eigenvalue weighted by molar-refractivity contribution is -0.131. The zero-order chi connectivity index (χ0) is 19.5. The molecule has 3 aromatic heterocycles. The molecule has 0 aliphatic carbocycles. The molecule has 7 nitrogen and oxygen atoms in total. The van der Waals surface area contributed by atoms with E-state index in [4.69, 9.17) is 0 Å². The summed E-state index contributed by atoms with van der Waals surface area (Å²) in [5.41, 5.74) is 1.29. The first kappa shape index (κ1) is 18.6.